The monoisotopic (exact) mass is 244 g/mol. The van der Waals surface area contributed by atoms with E-state index in [0.717, 1.165) is 12.8 Å². The Balaban J connectivity index is 3.07. The van der Waals surface area contributed by atoms with Crippen LogP contribution in [0.1, 0.15) is 99.5 Å². The summed E-state index contributed by atoms with van der Waals surface area (Å²) in [5, 5.41) is 8.80. The molecule has 0 amide bonds. The van der Waals surface area contributed by atoms with Gasteiger partial charge in [0, 0.05) is 9.35 Å². The molecule has 0 aliphatic rings. The van der Waals surface area contributed by atoms with Crippen molar-refractivity contribution in [2.24, 2.45) is 0 Å². The average molecular weight is 244 g/mol. The molecule has 0 aliphatic carbocycles. The van der Waals surface area contributed by atoms with E-state index in [1.54, 1.807) is 0 Å². The summed E-state index contributed by atoms with van der Waals surface area (Å²) in [5.74, 6) is 0. The van der Waals surface area contributed by atoms with Gasteiger partial charge in [0.05, 0.1) is 0 Å². The van der Waals surface area contributed by atoms with Gasteiger partial charge in [0.15, 0.2) is 0 Å². The Bertz CT molecular complexity index is 184. The van der Waals surface area contributed by atoms with Gasteiger partial charge < -0.3 is 5.11 Å². The number of aliphatic hydroxyl groups excluding tert-OH is 1. The summed E-state index contributed by atoms with van der Waals surface area (Å²) in [4.78, 5) is 0. The van der Waals surface area contributed by atoms with Gasteiger partial charge in [0.2, 0.25) is 0 Å². The van der Waals surface area contributed by atoms with Crippen molar-refractivity contribution in [2.75, 3.05) is 6.61 Å². The van der Waals surface area contributed by atoms with Crippen LogP contribution in [0.15, 0.2) is 0 Å². The standard InChI is InChI=1S/C16H34O/c1-2-3-4-5-6-7-8-9-10-11-12-13-14-15-16-17/h17H,2-16H2,1H3/i15D2. The van der Waals surface area contributed by atoms with E-state index in [1.165, 1.54) is 64.2 Å². The maximum atomic E-state index is 8.80. The topological polar surface area (TPSA) is 20.2 Å². The Kier molecular flexibility index (Phi) is 12.6. The molecule has 0 aromatic heterocycles. The van der Waals surface area contributed by atoms with Crippen molar-refractivity contribution in [3.05, 3.63) is 0 Å². The molecular formula is C16H34O. The van der Waals surface area contributed by atoms with Crippen molar-refractivity contribution in [3.63, 3.8) is 0 Å². The molecule has 0 aromatic rings. The van der Waals surface area contributed by atoms with Crippen LogP contribution in [0.3, 0.4) is 0 Å². The number of aliphatic hydroxyl groups is 1. The molecule has 1 N–H and O–H groups in total. The Morgan fingerprint density at radius 1 is 0.647 bits per heavy atom. The highest BCUT2D eigenvalue weighted by atomic mass is 16.2. The molecule has 0 aromatic carbocycles. The minimum Gasteiger partial charge on any atom is -0.396 e. The van der Waals surface area contributed by atoms with Crippen LogP contribution >= 0.6 is 0 Å². The number of hydrogen-bond donors (Lipinski definition) is 1. The largest absolute Gasteiger partial charge is 0.396 e. The maximum Gasteiger partial charge on any atom is 0.0431 e. The summed E-state index contributed by atoms with van der Waals surface area (Å²) in [5.41, 5.74) is 0. The average Bonchev–Trinajstić information content (AvgIpc) is 2.40. The molecule has 0 bridgehead atoms. The summed E-state index contributed by atoms with van der Waals surface area (Å²) in [7, 11) is 0. The summed E-state index contributed by atoms with van der Waals surface area (Å²) in [6, 6.07) is 0. The first-order valence-electron chi connectivity index (χ1n) is 8.73. The molecule has 1 nitrogen and oxygen atoms in total. The highest BCUT2D eigenvalue weighted by molar-refractivity contribution is 4.48. The minimum atomic E-state index is -1.36. The van der Waals surface area contributed by atoms with E-state index < -0.39 is 6.37 Å². The lowest BCUT2D eigenvalue weighted by Gasteiger charge is -2.02. The second-order valence-corrected chi connectivity index (χ2v) is 5.05. The van der Waals surface area contributed by atoms with E-state index in [1.807, 2.05) is 0 Å². The summed E-state index contributed by atoms with van der Waals surface area (Å²) in [6.07, 6.45) is 14.7. The molecular weight excluding hydrogens is 208 g/mol. The van der Waals surface area contributed by atoms with E-state index in [0.29, 0.717) is 6.42 Å². The van der Waals surface area contributed by atoms with Gasteiger partial charge in [-0.15, -0.1) is 0 Å². The van der Waals surface area contributed by atoms with Crippen LogP contribution in [-0.2, 0) is 0 Å². The first kappa shape index (κ1) is 13.4. The van der Waals surface area contributed by atoms with Crippen LogP contribution in [0.25, 0.3) is 0 Å². The van der Waals surface area contributed by atoms with Crippen molar-refractivity contribution < 1.29 is 7.85 Å². The molecule has 0 saturated carbocycles. The van der Waals surface area contributed by atoms with E-state index >= 15 is 0 Å². The third-order valence-corrected chi connectivity index (χ3v) is 3.32. The molecule has 0 saturated heterocycles. The minimum absolute atomic E-state index is 0.342. The van der Waals surface area contributed by atoms with Crippen LogP contribution in [0.2, 0.25) is 0 Å². The Hall–Kier alpha value is -0.0400. The van der Waals surface area contributed by atoms with E-state index in [9.17, 15) is 0 Å². The van der Waals surface area contributed by atoms with Crippen molar-refractivity contribution in [2.45, 2.75) is 96.8 Å². The van der Waals surface area contributed by atoms with Gasteiger partial charge in [0.1, 0.15) is 0 Å². The van der Waals surface area contributed by atoms with Crippen LogP contribution in [-0.4, -0.2) is 11.7 Å². The summed E-state index contributed by atoms with van der Waals surface area (Å²) >= 11 is 0. The highest BCUT2D eigenvalue weighted by Crippen LogP contribution is 2.12. The first-order chi connectivity index (χ1) is 9.12. The van der Waals surface area contributed by atoms with Crippen molar-refractivity contribution >= 4 is 0 Å². The third kappa shape index (κ3) is 16.0. The van der Waals surface area contributed by atoms with Crippen LogP contribution in [0.5, 0.6) is 0 Å². The molecule has 0 fully saturated rings. The van der Waals surface area contributed by atoms with Crippen LogP contribution < -0.4 is 0 Å². The fourth-order valence-corrected chi connectivity index (χ4v) is 2.17. The lowest BCUT2D eigenvalue weighted by atomic mass is 10.0. The molecule has 0 rings (SSSR count). The lowest BCUT2D eigenvalue weighted by molar-refractivity contribution is 0.282. The van der Waals surface area contributed by atoms with E-state index in [4.69, 9.17) is 7.85 Å². The van der Waals surface area contributed by atoms with Crippen LogP contribution in [0.4, 0.5) is 0 Å². The van der Waals surface area contributed by atoms with Gasteiger partial charge in [-0.25, -0.2) is 0 Å². The molecule has 0 spiro atoms. The van der Waals surface area contributed by atoms with Gasteiger partial charge in [-0.05, 0) is 6.37 Å². The predicted molar refractivity (Wildman–Crippen MR) is 77.4 cm³/mol. The van der Waals surface area contributed by atoms with Crippen molar-refractivity contribution in [1.29, 1.82) is 0 Å². The molecule has 1 heteroatoms. The van der Waals surface area contributed by atoms with E-state index in [2.05, 4.69) is 6.92 Å². The Morgan fingerprint density at radius 2 is 1.00 bits per heavy atom. The number of unbranched alkanes of at least 4 members (excludes halogenated alkanes) is 11. The van der Waals surface area contributed by atoms with Crippen molar-refractivity contribution in [1.82, 2.24) is 0 Å². The maximum absolute atomic E-state index is 8.80. The summed E-state index contributed by atoms with van der Waals surface area (Å²) < 4.78 is 14.9. The zero-order valence-corrected chi connectivity index (χ0v) is 11.8. The molecule has 0 aliphatic heterocycles. The van der Waals surface area contributed by atoms with Gasteiger partial charge in [0.25, 0.3) is 0 Å². The lowest BCUT2D eigenvalue weighted by Crippen LogP contribution is -1.84. The SMILES string of the molecule is [2H]C([2H])(CO)CCCCCCCCCCCCCC. The highest BCUT2D eigenvalue weighted by Gasteiger charge is 1.93. The number of rotatable bonds is 14. The smallest absolute Gasteiger partial charge is 0.0431 e. The Labute approximate surface area is 112 Å². The second-order valence-electron chi connectivity index (χ2n) is 5.05. The molecule has 0 atom stereocenters. The third-order valence-electron chi connectivity index (χ3n) is 3.32. The molecule has 0 unspecified atom stereocenters. The summed E-state index contributed by atoms with van der Waals surface area (Å²) in [6.45, 7) is 1.91. The molecule has 104 valence electrons. The quantitative estimate of drug-likeness (QED) is 0.402. The van der Waals surface area contributed by atoms with E-state index in [-0.39, 0.29) is 6.61 Å². The fraction of sp³-hybridized carbons (Fsp3) is 1.00. The van der Waals surface area contributed by atoms with Gasteiger partial charge >= 0.3 is 0 Å². The zero-order chi connectivity index (χ0) is 14.4. The van der Waals surface area contributed by atoms with Gasteiger partial charge in [-0.2, -0.15) is 0 Å². The zero-order valence-electron chi connectivity index (χ0n) is 13.8. The second kappa shape index (κ2) is 16.0. The normalized spacial score (nSPS) is 13.5. The molecule has 17 heavy (non-hydrogen) atoms. The number of hydrogen-bond acceptors (Lipinski definition) is 1. The van der Waals surface area contributed by atoms with Gasteiger partial charge in [-0.3, -0.25) is 0 Å². The fourth-order valence-electron chi connectivity index (χ4n) is 2.17. The molecule has 0 heterocycles. The van der Waals surface area contributed by atoms with Crippen molar-refractivity contribution in [3.8, 4) is 0 Å². The van der Waals surface area contributed by atoms with Crippen LogP contribution in [0, 0.1) is 0 Å². The van der Waals surface area contributed by atoms with Gasteiger partial charge in [-0.1, -0.05) is 90.4 Å². The first-order valence-corrected chi connectivity index (χ1v) is 7.73. The Morgan fingerprint density at radius 3 is 1.35 bits per heavy atom. The molecule has 0 radical (unpaired) electrons. The predicted octanol–water partition coefficient (Wildman–Crippen LogP) is 5.46.